The minimum absolute atomic E-state index is 0.212. The molecule has 1 aliphatic heterocycles. The summed E-state index contributed by atoms with van der Waals surface area (Å²) >= 11 is 3.61. The maximum atomic E-state index is 12.4. The molecule has 1 heterocycles. The number of carbonyl (C=O) groups is 1. The molecule has 138 valence electrons. The van der Waals surface area contributed by atoms with Gasteiger partial charge in [0.1, 0.15) is 6.04 Å². The maximum absolute atomic E-state index is 12.4. The van der Waals surface area contributed by atoms with Crippen molar-refractivity contribution >= 4 is 21.9 Å². The lowest BCUT2D eigenvalue weighted by molar-refractivity contribution is -0.148. The van der Waals surface area contributed by atoms with E-state index in [1.807, 2.05) is 24.3 Å². The molecule has 0 N–H and O–H groups in total. The van der Waals surface area contributed by atoms with Gasteiger partial charge in [-0.3, -0.25) is 9.69 Å². The monoisotopic (exact) mass is 419 g/mol. The Balaban J connectivity index is 1.93. The summed E-state index contributed by atoms with van der Waals surface area (Å²) in [5, 5.41) is 0. The van der Waals surface area contributed by atoms with Crippen molar-refractivity contribution < 1.29 is 19.0 Å². The standard InChI is InChI=1S/C20H22BrNO4/c1-24-18-9-15(16(21)10-19(18)25-2)12-22-11-14-7-5-4-6-13(14)8-17(22)20(23)26-3/h4-7,9-10,17H,8,11-12H2,1-3H3. The second-order valence-electron chi connectivity index (χ2n) is 6.22. The Kier molecular flexibility index (Phi) is 5.84. The molecule has 5 nitrogen and oxygen atoms in total. The molecule has 0 aliphatic carbocycles. The summed E-state index contributed by atoms with van der Waals surface area (Å²) in [6.07, 6.45) is 0.647. The number of hydrogen-bond donors (Lipinski definition) is 0. The molecule has 2 aromatic carbocycles. The zero-order valence-electron chi connectivity index (χ0n) is 15.1. The number of benzene rings is 2. The van der Waals surface area contributed by atoms with Crippen LogP contribution in [0.15, 0.2) is 40.9 Å². The van der Waals surface area contributed by atoms with Crippen LogP contribution < -0.4 is 9.47 Å². The van der Waals surface area contributed by atoms with E-state index >= 15 is 0 Å². The number of hydrogen-bond acceptors (Lipinski definition) is 5. The van der Waals surface area contributed by atoms with Gasteiger partial charge in [0.05, 0.1) is 21.3 Å². The van der Waals surface area contributed by atoms with Crippen molar-refractivity contribution in [2.24, 2.45) is 0 Å². The normalized spacial score (nSPS) is 16.7. The largest absolute Gasteiger partial charge is 0.493 e. The molecule has 0 saturated carbocycles. The Bertz CT molecular complexity index is 808. The number of ether oxygens (including phenoxy) is 3. The lowest BCUT2D eigenvalue weighted by Crippen LogP contribution is -2.45. The number of methoxy groups -OCH3 is 3. The molecule has 3 rings (SSSR count). The molecule has 0 amide bonds. The second kappa shape index (κ2) is 8.10. The molecule has 0 radical (unpaired) electrons. The van der Waals surface area contributed by atoms with Crippen molar-refractivity contribution in [2.45, 2.75) is 25.6 Å². The molecule has 26 heavy (non-hydrogen) atoms. The Morgan fingerprint density at radius 3 is 2.42 bits per heavy atom. The van der Waals surface area contributed by atoms with E-state index in [0.717, 1.165) is 10.0 Å². The first kappa shape index (κ1) is 18.7. The van der Waals surface area contributed by atoms with Crippen LogP contribution in [-0.4, -0.2) is 38.2 Å². The first-order chi connectivity index (χ1) is 12.6. The summed E-state index contributed by atoms with van der Waals surface area (Å²) in [4.78, 5) is 14.5. The highest BCUT2D eigenvalue weighted by Crippen LogP contribution is 2.35. The Hall–Kier alpha value is -2.05. The van der Waals surface area contributed by atoms with Gasteiger partial charge >= 0.3 is 5.97 Å². The number of carbonyl (C=O) groups excluding carboxylic acids is 1. The van der Waals surface area contributed by atoms with Crippen LogP contribution in [-0.2, 0) is 29.0 Å². The predicted molar refractivity (Wildman–Crippen MR) is 102 cm³/mol. The van der Waals surface area contributed by atoms with E-state index in [4.69, 9.17) is 14.2 Å². The van der Waals surface area contributed by atoms with Crippen LogP contribution in [0.2, 0.25) is 0 Å². The predicted octanol–water partition coefficient (Wildman–Crippen LogP) is 3.57. The van der Waals surface area contributed by atoms with Gasteiger partial charge in [0, 0.05) is 17.6 Å². The van der Waals surface area contributed by atoms with Gasteiger partial charge in [-0.05, 0) is 35.2 Å². The van der Waals surface area contributed by atoms with Crippen molar-refractivity contribution in [2.75, 3.05) is 21.3 Å². The van der Waals surface area contributed by atoms with Gasteiger partial charge in [-0.25, -0.2) is 0 Å². The minimum Gasteiger partial charge on any atom is -0.493 e. The Morgan fingerprint density at radius 1 is 1.12 bits per heavy atom. The lowest BCUT2D eigenvalue weighted by Gasteiger charge is -2.35. The number of halogens is 1. The Morgan fingerprint density at radius 2 is 1.77 bits per heavy atom. The van der Waals surface area contributed by atoms with Crippen molar-refractivity contribution in [3.63, 3.8) is 0 Å². The van der Waals surface area contributed by atoms with Crippen LogP contribution in [0, 0.1) is 0 Å². The molecule has 6 heteroatoms. The number of rotatable bonds is 5. The Labute approximate surface area is 162 Å². The fraction of sp³-hybridized carbons (Fsp3) is 0.350. The molecule has 1 unspecified atom stereocenters. The molecule has 1 atom stereocenters. The third kappa shape index (κ3) is 3.71. The van der Waals surface area contributed by atoms with E-state index in [-0.39, 0.29) is 12.0 Å². The average molecular weight is 420 g/mol. The zero-order chi connectivity index (χ0) is 18.7. The van der Waals surface area contributed by atoms with E-state index in [0.29, 0.717) is 31.0 Å². The highest BCUT2D eigenvalue weighted by atomic mass is 79.9. The van der Waals surface area contributed by atoms with Crippen molar-refractivity contribution in [1.82, 2.24) is 4.90 Å². The smallest absolute Gasteiger partial charge is 0.323 e. The SMILES string of the molecule is COC(=O)C1Cc2ccccc2CN1Cc1cc(OC)c(OC)cc1Br. The first-order valence-electron chi connectivity index (χ1n) is 8.36. The van der Waals surface area contributed by atoms with Crippen LogP contribution >= 0.6 is 15.9 Å². The van der Waals surface area contributed by atoms with E-state index in [9.17, 15) is 4.79 Å². The number of esters is 1. The highest BCUT2D eigenvalue weighted by molar-refractivity contribution is 9.10. The third-order valence-electron chi connectivity index (χ3n) is 4.75. The fourth-order valence-electron chi connectivity index (χ4n) is 3.35. The van der Waals surface area contributed by atoms with Crippen molar-refractivity contribution in [3.8, 4) is 11.5 Å². The van der Waals surface area contributed by atoms with Crippen LogP contribution in [0.3, 0.4) is 0 Å². The fourth-order valence-corrected chi connectivity index (χ4v) is 3.80. The van der Waals surface area contributed by atoms with Gasteiger partial charge in [-0.15, -0.1) is 0 Å². The van der Waals surface area contributed by atoms with Gasteiger partial charge in [0.2, 0.25) is 0 Å². The van der Waals surface area contributed by atoms with Crippen molar-refractivity contribution in [1.29, 1.82) is 0 Å². The molecule has 2 aromatic rings. The second-order valence-corrected chi connectivity index (χ2v) is 7.07. The summed E-state index contributed by atoms with van der Waals surface area (Å²) in [6, 6.07) is 11.7. The summed E-state index contributed by atoms with van der Waals surface area (Å²) in [5.74, 6) is 1.12. The maximum Gasteiger partial charge on any atom is 0.323 e. The van der Waals surface area contributed by atoms with E-state index in [2.05, 4.69) is 33.0 Å². The van der Waals surface area contributed by atoms with Crippen molar-refractivity contribution in [3.05, 3.63) is 57.6 Å². The average Bonchev–Trinajstić information content (AvgIpc) is 2.67. The van der Waals surface area contributed by atoms with Crippen LogP contribution in [0.4, 0.5) is 0 Å². The topological polar surface area (TPSA) is 48.0 Å². The van der Waals surface area contributed by atoms with Crippen LogP contribution in [0.25, 0.3) is 0 Å². The third-order valence-corrected chi connectivity index (χ3v) is 5.48. The molecule has 0 aromatic heterocycles. The van der Waals surface area contributed by atoms with Crippen LogP contribution in [0.5, 0.6) is 11.5 Å². The highest BCUT2D eigenvalue weighted by Gasteiger charge is 2.32. The molecular formula is C20H22BrNO4. The minimum atomic E-state index is -0.310. The van der Waals surface area contributed by atoms with Gasteiger partial charge in [-0.2, -0.15) is 0 Å². The molecule has 1 aliphatic rings. The summed E-state index contributed by atoms with van der Waals surface area (Å²) < 4.78 is 16.7. The van der Waals surface area contributed by atoms with Crippen LogP contribution in [0.1, 0.15) is 16.7 Å². The van der Waals surface area contributed by atoms with E-state index in [1.54, 1.807) is 14.2 Å². The molecule has 0 fully saturated rings. The van der Waals surface area contributed by atoms with E-state index < -0.39 is 0 Å². The quantitative estimate of drug-likeness (QED) is 0.693. The van der Waals surface area contributed by atoms with Gasteiger partial charge < -0.3 is 14.2 Å². The molecule has 0 spiro atoms. The zero-order valence-corrected chi connectivity index (χ0v) is 16.7. The number of nitrogens with zero attached hydrogens (tertiary/aromatic N) is 1. The van der Waals surface area contributed by atoms with E-state index in [1.165, 1.54) is 18.2 Å². The lowest BCUT2D eigenvalue weighted by atomic mass is 9.93. The summed E-state index contributed by atoms with van der Waals surface area (Å²) in [5.41, 5.74) is 3.46. The summed E-state index contributed by atoms with van der Waals surface area (Å²) in [6.45, 7) is 1.28. The molecular weight excluding hydrogens is 398 g/mol. The molecule has 0 bridgehead atoms. The number of fused-ring (bicyclic) bond motifs is 1. The molecule has 0 saturated heterocycles. The summed E-state index contributed by atoms with van der Waals surface area (Å²) in [7, 11) is 4.66. The van der Waals surface area contributed by atoms with Gasteiger partial charge in [0.25, 0.3) is 0 Å². The van der Waals surface area contributed by atoms with Gasteiger partial charge in [0.15, 0.2) is 11.5 Å². The first-order valence-corrected chi connectivity index (χ1v) is 9.15. The van der Waals surface area contributed by atoms with Gasteiger partial charge in [-0.1, -0.05) is 40.2 Å².